The Bertz CT molecular complexity index is 424. The first-order chi connectivity index (χ1) is 6.68. The van der Waals surface area contributed by atoms with Crippen molar-refractivity contribution in [2.75, 3.05) is 23.8 Å². The summed E-state index contributed by atoms with van der Waals surface area (Å²) in [5.41, 5.74) is -0.147. The quantitative estimate of drug-likeness (QED) is 0.688. The molecule has 0 atom stereocenters. The zero-order chi connectivity index (χ0) is 11.7. The Morgan fingerprint density at radius 2 is 1.80 bits per heavy atom. The molecule has 1 aliphatic rings. The van der Waals surface area contributed by atoms with Gasteiger partial charge >= 0.3 is 0 Å². The summed E-state index contributed by atoms with van der Waals surface area (Å²) in [7, 11) is -7.26. The van der Waals surface area contributed by atoms with Crippen LogP contribution in [0.15, 0.2) is 0 Å². The molecule has 0 unspecified atom stereocenters. The molecule has 8 heteroatoms. The summed E-state index contributed by atoms with van der Waals surface area (Å²) in [6.07, 6.45) is 2.66. The lowest BCUT2D eigenvalue weighted by molar-refractivity contribution is 0.536. The number of halogens is 1. The summed E-state index contributed by atoms with van der Waals surface area (Å²) in [6.45, 7) is 0.231. The third-order valence-electron chi connectivity index (χ3n) is 2.28. The first kappa shape index (κ1) is 13.2. The molecule has 0 heterocycles. The van der Waals surface area contributed by atoms with E-state index in [9.17, 15) is 16.8 Å². The minimum absolute atomic E-state index is 0.147. The van der Waals surface area contributed by atoms with E-state index in [4.69, 9.17) is 11.6 Å². The Balaban J connectivity index is 2.51. The van der Waals surface area contributed by atoms with E-state index in [1.807, 2.05) is 0 Å². The number of sulfonamides is 1. The molecule has 1 aliphatic carbocycles. The Morgan fingerprint density at radius 1 is 1.27 bits per heavy atom. The van der Waals surface area contributed by atoms with Gasteiger partial charge in [0.05, 0.1) is 0 Å². The average Bonchev–Trinajstić information content (AvgIpc) is 2.77. The van der Waals surface area contributed by atoms with Gasteiger partial charge in [-0.1, -0.05) is 0 Å². The largest absolute Gasteiger partial charge is 0.228 e. The third-order valence-corrected chi connectivity index (χ3v) is 6.38. The standard InChI is InChI=1S/C7H14ClNO4S2/c1-14(10,11)6-15(12,13)9-5-7(4-8)2-3-7/h9H,2-6H2,1H3. The van der Waals surface area contributed by atoms with Gasteiger partial charge in [-0.3, -0.25) is 0 Å². The molecule has 90 valence electrons. The molecule has 0 bridgehead atoms. The van der Waals surface area contributed by atoms with E-state index in [2.05, 4.69) is 4.72 Å². The van der Waals surface area contributed by atoms with Crippen molar-refractivity contribution in [1.29, 1.82) is 0 Å². The molecule has 1 saturated carbocycles. The minimum Gasteiger partial charge on any atom is -0.228 e. The Labute approximate surface area is 95.2 Å². The van der Waals surface area contributed by atoms with Crippen LogP contribution in [-0.2, 0) is 19.9 Å². The second kappa shape index (κ2) is 4.20. The molecule has 0 aromatic rings. The lowest BCUT2D eigenvalue weighted by Crippen LogP contribution is -2.34. The topological polar surface area (TPSA) is 80.3 Å². The van der Waals surface area contributed by atoms with Gasteiger partial charge < -0.3 is 0 Å². The highest BCUT2D eigenvalue weighted by Gasteiger charge is 2.42. The molecule has 15 heavy (non-hydrogen) atoms. The van der Waals surface area contributed by atoms with Crippen LogP contribution in [0.1, 0.15) is 12.8 Å². The smallest absolute Gasteiger partial charge is 0.226 e. The van der Waals surface area contributed by atoms with Gasteiger partial charge in [0.1, 0.15) is 0 Å². The van der Waals surface area contributed by atoms with Gasteiger partial charge in [0.25, 0.3) is 0 Å². The second-order valence-corrected chi connectivity index (χ2v) is 8.69. The molecule has 1 rings (SSSR count). The van der Waals surface area contributed by atoms with E-state index in [0.29, 0.717) is 5.88 Å². The number of alkyl halides is 1. The predicted octanol–water partition coefficient (Wildman–Crippen LogP) is -0.0731. The van der Waals surface area contributed by atoms with Crippen molar-refractivity contribution in [2.24, 2.45) is 5.41 Å². The van der Waals surface area contributed by atoms with Gasteiger partial charge in [-0.2, -0.15) is 0 Å². The highest BCUT2D eigenvalue weighted by atomic mass is 35.5. The highest BCUT2D eigenvalue weighted by Crippen LogP contribution is 2.45. The average molecular weight is 276 g/mol. The van der Waals surface area contributed by atoms with E-state index in [1.54, 1.807) is 0 Å². The monoisotopic (exact) mass is 275 g/mol. The summed E-state index contributed by atoms with van der Waals surface area (Å²) in [5, 5.41) is -0.863. The van der Waals surface area contributed by atoms with E-state index < -0.39 is 24.9 Å². The molecule has 0 amide bonds. The van der Waals surface area contributed by atoms with E-state index in [1.165, 1.54) is 0 Å². The van der Waals surface area contributed by atoms with Crippen molar-refractivity contribution in [1.82, 2.24) is 4.72 Å². The van der Waals surface area contributed by atoms with E-state index in [-0.39, 0.29) is 12.0 Å². The van der Waals surface area contributed by atoms with Crippen molar-refractivity contribution in [3.05, 3.63) is 0 Å². The lowest BCUT2D eigenvalue weighted by atomic mass is 10.1. The fourth-order valence-corrected chi connectivity index (χ4v) is 4.60. The van der Waals surface area contributed by atoms with Gasteiger partial charge in [-0.25, -0.2) is 21.6 Å². The van der Waals surface area contributed by atoms with Crippen LogP contribution in [0.25, 0.3) is 0 Å². The molecule has 0 aromatic heterocycles. The summed E-state index contributed by atoms with van der Waals surface area (Å²) in [4.78, 5) is 0. The van der Waals surface area contributed by atoms with Gasteiger partial charge in [0, 0.05) is 18.7 Å². The van der Waals surface area contributed by atoms with Crippen LogP contribution in [0.5, 0.6) is 0 Å². The molecule has 1 fully saturated rings. The Kier molecular flexibility index (Phi) is 3.70. The molecule has 0 aliphatic heterocycles. The molecular formula is C7H14ClNO4S2. The molecule has 0 aromatic carbocycles. The van der Waals surface area contributed by atoms with Crippen LogP contribution < -0.4 is 4.72 Å². The number of nitrogens with one attached hydrogen (secondary N) is 1. The molecule has 1 N–H and O–H groups in total. The molecule has 0 radical (unpaired) electrons. The number of hydrogen-bond acceptors (Lipinski definition) is 4. The van der Waals surface area contributed by atoms with Crippen LogP contribution in [0.4, 0.5) is 0 Å². The zero-order valence-corrected chi connectivity index (χ0v) is 10.8. The van der Waals surface area contributed by atoms with Crippen molar-refractivity contribution in [2.45, 2.75) is 12.8 Å². The fourth-order valence-electron chi connectivity index (χ4n) is 1.12. The number of hydrogen-bond donors (Lipinski definition) is 1. The maximum atomic E-state index is 11.3. The van der Waals surface area contributed by atoms with E-state index in [0.717, 1.165) is 19.1 Å². The summed E-state index contributed by atoms with van der Waals surface area (Å²) >= 11 is 5.66. The van der Waals surface area contributed by atoms with Gasteiger partial charge in [0.2, 0.25) is 10.0 Å². The Hall–Kier alpha value is 0.150. The number of rotatable bonds is 6. The van der Waals surface area contributed by atoms with Gasteiger partial charge in [0.15, 0.2) is 14.9 Å². The molecular weight excluding hydrogens is 262 g/mol. The number of sulfone groups is 1. The predicted molar refractivity (Wildman–Crippen MR) is 59.0 cm³/mol. The zero-order valence-electron chi connectivity index (χ0n) is 8.36. The molecule has 0 spiro atoms. The maximum Gasteiger partial charge on any atom is 0.226 e. The van der Waals surface area contributed by atoms with Crippen LogP contribution in [0.3, 0.4) is 0 Å². The van der Waals surface area contributed by atoms with E-state index >= 15 is 0 Å². The first-order valence-electron chi connectivity index (χ1n) is 4.39. The third kappa shape index (κ3) is 4.67. The summed E-state index contributed by atoms with van der Waals surface area (Å²) in [6, 6.07) is 0. The highest BCUT2D eigenvalue weighted by molar-refractivity contribution is 8.06. The first-order valence-corrected chi connectivity index (χ1v) is 8.64. The van der Waals surface area contributed by atoms with Crippen molar-refractivity contribution in [3.63, 3.8) is 0 Å². The fraction of sp³-hybridized carbons (Fsp3) is 1.00. The van der Waals surface area contributed by atoms with Gasteiger partial charge in [-0.05, 0) is 18.3 Å². The van der Waals surface area contributed by atoms with Crippen LogP contribution in [0, 0.1) is 5.41 Å². The van der Waals surface area contributed by atoms with Crippen molar-refractivity contribution >= 4 is 31.5 Å². The van der Waals surface area contributed by atoms with Gasteiger partial charge in [-0.15, -0.1) is 11.6 Å². The summed E-state index contributed by atoms with van der Waals surface area (Å²) < 4.78 is 46.5. The van der Waals surface area contributed by atoms with Crippen LogP contribution in [-0.4, -0.2) is 40.6 Å². The lowest BCUT2D eigenvalue weighted by Gasteiger charge is -2.12. The maximum absolute atomic E-state index is 11.3. The minimum atomic E-state index is -3.74. The normalized spacial score (nSPS) is 20.1. The van der Waals surface area contributed by atoms with Crippen LogP contribution in [0.2, 0.25) is 0 Å². The van der Waals surface area contributed by atoms with Crippen molar-refractivity contribution < 1.29 is 16.8 Å². The van der Waals surface area contributed by atoms with Crippen LogP contribution >= 0.6 is 11.6 Å². The molecule has 5 nitrogen and oxygen atoms in total. The van der Waals surface area contributed by atoms with Crippen molar-refractivity contribution in [3.8, 4) is 0 Å². The summed E-state index contributed by atoms with van der Waals surface area (Å²) in [5.74, 6) is 0.397. The Morgan fingerprint density at radius 3 is 2.13 bits per heavy atom. The SMILES string of the molecule is CS(=O)(=O)CS(=O)(=O)NCC1(CCl)CC1. The molecule has 0 saturated heterocycles. The second-order valence-electron chi connectivity index (χ2n) is 4.11.